The predicted octanol–water partition coefficient (Wildman–Crippen LogP) is 7.35. The minimum atomic E-state index is -2.99. The van der Waals surface area contributed by atoms with E-state index in [1.54, 1.807) is 0 Å². The molecule has 7 aliphatic carbocycles. The summed E-state index contributed by atoms with van der Waals surface area (Å²) in [4.78, 5) is 27.7. The number of carbonyl (C=O) groups excluding carboxylic acids is 1. The summed E-state index contributed by atoms with van der Waals surface area (Å²) in [5.74, 6) is 1.54. The molecule has 8 aliphatic rings. The van der Waals surface area contributed by atoms with Crippen molar-refractivity contribution < 1.29 is 33.0 Å². The number of aliphatic carboxylic acids is 1. The molecular weight excluding hydrogens is 725 g/mol. The second-order valence-corrected chi connectivity index (χ2v) is 25.6. The van der Waals surface area contributed by atoms with E-state index in [1.165, 1.54) is 57.8 Å². The van der Waals surface area contributed by atoms with Crippen molar-refractivity contribution in [2.24, 2.45) is 73.9 Å². The Labute approximate surface area is 338 Å². The molecule has 7 saturated carbocycles. The lowest BCUT2D eigenvalue weighted by Crippen LogP contribution is -2.69. The van der Waals surface area contributed by atoms with Crippen LogP contribution in [0.25, 0.3) is 0 Å². The van der Waals surface area contributed by atoms with Crippen molar-refractivity contribution in [1.82, 2.24) is 10.2 Å². The predicted molar refractivity (Wildman–Crippen MR) is 218 cm³/mol. The number of esters is 1. The zero-order chi connectivity index (χ0) is 40.6. The van der Waals surface area contributed by atoms with Crippen LogP contribution in [0.1, 0.15) is 146 Å². The van der Waals surface area contributed by atoms with Gasteiger partial charge in [0.15, 0.2) is 9.84 Å². The molecule has 1 saturated heterocycles. The number of nitrogens with zero attached hydrogens (tertiary/aromatic N) is 1. The lowest BCUT2D eigenvalue weighted by atomic mass is 9.32. The summed E-state index contributed by atoms with van der Waals surface area (Å²) >= 11 is 0. The first-order chi connectivity index (χ1) is 26.0. The highest BCUT2D eigenvalue weighted by molar-refractivity contribution is 7.91. The normalized spacial score (nSPS) is 48.1. The first-order valence-corrected chi connectivity index (χ1v) is 24.6. The lowest BCUT2D eigenvalue weighted by molar-refractivity contribution is -0.250. The summed E-state index contributed by atoms with van der Waals surface area (Å²) in [5.41, 5.74) is 0.343. The SMILES string of the molecule is C[C@H](O)[C@@H](CN[C@]12CC[C@@H](C3(C)CC3)[C@@H]1[C@H]1CC[C@@H]3[C@@]4(C)CC[C@H](OC(=O)[C@@H]5C[C@H](C(=O)O)C5(C)C)C(C)(C)[C@@H]4CC[C@@]3(C)[C@]1(C)CC2)N1CCS(=O)(=O)CC1. The number of carboxylic acids is 1. The van der Waals surface area contributed by atoms with Crippen molar-refractivity contribution in [1.29, 1.82) is 0 Å². The second kappa shape index (κ2) is 13.4. The topological polar surface area (TPSA) is 133 Å². The first-order valence-electron chi connectivity index (χ1n) is 22.8. The van der Waals surface area contributed by atoms with Gasteiger partial charge in [-0.1, -0.05) is 55.4 Å². The van der Waals surface area contributed by atoms with Crippen LogP contribution in [0.2, 0.25) is 0 Å². The van der Waals surface area contributed by atoms with Gasteiger partial charge in [0, 0.05) is 36.6 Å². The van der Waals surface area contributed by atoms with Crippen LogP contribution in [0, 0.1) is 73.9 Å². The fourth-order valence-electron chi connectivity index (χ4n) is 16.4. The van der Waals surface area contributed by atoms with Crippen molar-refractivity contribution in [3.8, 4) is 0 Å². The Morgan fingerprint density at radius 3 is 2.05 bits per heavy atom. The van der Waals surface area contributed by atoms with Crippen molar-refractivity contribution in [3.05, 3.63) is 0 Å². The van der Waals surface area contributed by atoms with E-state index in [0.29, 0.717) is 61.1 Å². The fourth-order valence-corrected chi connectivity index (χ4v) is 17.6. The zero-order valence-electron chi connectivity index (χ0n) is 36.3. The third kappa shape index (κ3) is 6.06. The number of aliphatic hydroxyl groups excluding tert-OH is 1. The summed E-state index contributed by atoms with van der Waals surface area (Å²) in [6, 6.07) is -0.0903. The van der Waals surface area contributed by atoms with Gasteiger partial charge in [-0.05, 0) is 147 Å². The number of hydrogen-bond donors (Lipinski definition) is 3. The molecule has 1 heterocycles. The fraction of sp³-hybridized carbons (Fsp3) is 0.957. The van der Waals surface area contributed by atoms with E-state index in [9.17, 15) is 28.2 Å². The molecular formula is C46H76N2O7S. The maximum absolute atomic E-state index is 13.7. The van der Waals surface area contributed by atoms with Crippen LogP contribution in [0.15, 0.2) is 0 Å². The molecule has 1 aliphatic heterocycles. The number of sulfone groups is 1. The third-order valence-electron chi connectivity index (χ3n) is 20.5. The Hall–Kier alpha value is -1.23. The van der Waals surface area contributed by atoms with E-state index in [0.717, 1.165) is 19.3 Å². The number of fused-ring (bicyclic) bond motifs is 7. The highest BCUT2D eigenvalue weighted by atomic mass is 32.2. The van der Waals surface area contributed by atoms with Gasteiger partial charge in [0.2, 0.25) is 0 Å². The highest BCUT2D eigenvalue weighted by Crippen LogP contribution is 2.78. The molecule has 8 rings (SSSR count). The maximum atomic E-state index is 13.7. The van der Waals surface area contributed by atoms with Gasteiger partial charge < -0.3 is 20.3 Å². The Balaban J connectivity index is 1.02. The van der Waals surface area contributed by atoms with E-state index in [4.69, 9.17) is 4.74 Å². The minimum Gasteiger partial charge on any atom is -0.481 e. The standard InChI is InChI=1S/C46H76N2O7S/c1-28(49)33(48-22-24-56(53,54)25-23-48)27-47-46-17-12-29(42(6)18-19-42)37(46)30-10-11-35-43(7)15-14-36(55-39(52)32-26-31(38(50)51)40(32,2)3)41(4,5)34(43)13-16-45(35,9)44(30,8)20-21-46/h28-37,47,49H,10-27H2,1-9H3,(H,50,51)/t28-,29+,30+,31+,32-,33+,34-,35+,36-,37+,43-,44+,45+,46-/m0/s1. The first kappa shape index (κ1) is 41.5. The summed E-state index contributed by atoms with van der Waals surface area (Å²) < 4.78 is 31.0. The second-order valence-electron chi connectivity index (χ2n) is 23.3. The molecule has 0 aromatic heterocycles. The van der Waals surface area contributed by atoms with Crippen LogP contribution in [-0.4, -0.2) is 90.4 Å². The van der Waals surface area contributed by atoms with Crippen LogP contribution in [-0.2, 0) is 24.2 Å². The van der Waals surface area contributed by atoms with Crippen LogP contribution in [0.4, 0.5) is 0 Å². The molecule has 0 amide bonds. The Morgan fingerprint density at radius 2 is 1.45 bits per heavy atom. The molecule has 9 nitrogen and oxygen atoms in total. The largest absolute Gasteiger partial charge is 0.481 e. The summed E-state index contributed by atoms with van der Waals surface area (Å²) in [6.07, 6.45) is 14.1. The van der Waals surface area contributed by atoms with E-state index >= 15 is 0 Å². The van der Waals surface area contributed by atoms with Gasteiger partial charge in [0.05, 0.1) is 29.4 Å². The maximum Gasteiger partial charge on any atom is 0.309 e. The van der Waals surface area contributed by atoms with Crippen LogP contribution < -0.4 is 5.32 Å². The van der Waals surface area contributed by atoms with Crippen molar-refractivity contribution in [3.63, 3.8) is 0 Å². The Morgan fingerprint density at radius 1 is 0.768 bits per heavy atom. The number of hydrogen-bond acceptors (Lipinski definition) is 8. The monoisotopic (exact) mass is 801 g/mol. The summed E-state index contributed by atoms with van der Waals surface area (Å²) in [6.45, 7) is 22.7. The summed E-state index contributed by atoms with van der Waals surface area (Å²) in [7, 11) is -2.99. The molecule has 56 heavy (non-hydrogen) atoms. The van der Waals surface area contributed by atoms with Crippen molar-refractivity contribution in [2.75, 3.05) is 31.1 Å². The number of carboxylic acid groups (broad SMARTS) is 1. The number of rotatable bonds is 9. The number of aliphatic hydroxyl groups is 1. The van der Waals surface area contributed by atoms with Gasteiger partial charge >= 0.3 is 11.9 Å². The van der Waals surface area contributed by atoms with Crippen molar-refractivity contribution >= 4 is 21.8 Å². The molecule has 0 aromatic carbocycles. The zero-order valence-corrected chi connectivity index (χ0v) is 37.1. The number of ether oxygens (including phenoxy) is 1. The molecule has 8 fully saturated rings. The smallest absolute Gasteiger partial charge is 0.309 e. The van der Waals surface area contributed by atoms with Gasteiger partial charge in [0.25, 0.3) is 0 Å². The molecule has 0 bridgehead atoms. The quantitative estimate of drug-likeness (QED) is 0.205. The molecule has 0 unspecified atom stereocenters. The minimum absolute atomic E-state index is 0.0587. The Bertz CT molecular complexity index is 1680. The average molecular weight is 801 g/mol. The van der Waals surface area contributed by atoms with Gasteiger partial charge in [-0.3, -0.25) is 14.5 Å². The van der Waals surface area contributed by atoms with Crippen LogP contribution in [0.5, 0.6) is 0 Å². The molecule has 14 atom stereocenters. The van der Waals surface area contributed by atoms with Crippen molar-refractivity contribution in [2.45, 2.75) is 170 Å². The highest BCUT2D eigenvalue weighted by Gasteiger charge is 2.72. The van der Waals surface area contributed by atoms with E-state index in [2.05, 4.69) is 51.8 Å². The van der Waals surface area contributed by atoms with Gasteiger partial charge in [-0.25, -0.2) is 8.42 Å². The third-order valence-corrected chi connectivity index (χ3v) is 22.1. The van der Waals surface area contributed by atoms with E-state index in [-0.39, 0.29) is 62.7 Å². The average Bonchev–Trinajstić information content (AvgIpc) is 3.72. The molecule has 0 spiro atoms. The van der Waals surface area contributed by atoms with Gasteiger partial charge in [0.1, 0.15) is 6.10 Å². The van der Waals surface area contributed by atoms with E-state index in [1.807, 2.05) is 20.8 Å². The molecule has 3 N–H and O–H groups in total. The van der Waals surface area contributed by atoms with Crippen LogP contribution in [0.3, 0.4) is 0 Å². The molecule has 10 heteroatoms. The van der Waals surface area contributed by atoms with Crippen LogP contribution >= 0.6 is 0 Å². The molecule has 318 valence electrons. The number of nitrogens with one attached hydrogen (secondary N) is 1. The van der Waals surface area contributed by atoms with Gasteiger partial charge in [-0.2, -0.15) is 0 Å². The molecule has 0 radical (unpaired) electrons. The summed E-state index contributed by atoms with van der Waals surface area (Å²) in [5, 5.41) is 25.0. The van der Waals surface area contributed by atoms with Gasteiger partial charge in [-0.15, -0.1) is 0 Å². The Kier molecular flexibility index (Phi) is 9.92. The number of carbonyl (C=O) groups is 2. The lowest BCUT2D eigenvalue weighted by Gasteiger charge is -2.73. The van der Waals surface area contributed by atoms with E-state index < -0.39 is 33.2 Å². The molecule has 0 aromatic rings.